The van der Waals surface area contributed by atoms with Crippen LogP contribution in [0.25, 0.3) is 0 Å². The number of hydrogen-bond donors (Lipinski definition) is 1. The van der Waals surface area contributed by atoms with Crippen molar-refractivity contribution in [2.75, 3.05) is 0 Å². The first kappa shape index (κ1) is 13.1. The van der Waals surface area contributed by atoms with Crippen LogP contribution in [0.15, 0.2) is 27.3 Å². The predicted octanol–water partition coefficient (Wildman–Crippen LogP) is 2.22. The first-order valence-corrected chi connectivity index (χ1v) is 6.63. The minimum atomic E-state index is -1.17. The molecule has 2 aromatic heterocycles. The van der Waals surface area contributed by atoms with Crippen LogP contribution in [0.3, 0.4) is 0 Å². The average Bonchev–Trinajstić information content (AvgIpc) is 2.96. The van der Waals surface area contributed by atoms with Gasteiger partial charge in [0.1, 0.15) is 17.3 Å². The van der Waals surface area contributed by atoms with Gasteiger partial charge in [-0.2, -0.15) is 0 Å². The minimum Gasteiger partial charge on any atom is -0.469 e. The molecular weight excluding hydrogens is 258 g/mol. The molecule has 3 atom stereocenters. The number of rotatable bonds is 2. The minimum absolute atomic E-state index is 0.0670. The molecule has 0 bridgehead atoms. The fourth-order valence-corrected chi connectivity index (χ4v) is 3.37. The number of Topliss-reactive ketones (excluding diaryl/α,β-unsaturated/α-hetero) is 1. The second kappa shape index (κ2) is 4.31. The summed E-state index contributed by atoms with van der Waals surface area (Å²) in [5.74, 6) is 0.329. The maximum Gasteiger partial charge on any atom is 0.137 e. The molecule has 5 heteroatoms. The van der Waals surface area contributed by atoms with Crippen molar-refractivity contribution in [3.63, 3.8) is 0 Å². The zero-order valence-electron chi connectivity index (χ0n) is 11.7. The Morgan fingerprint density at radius 2 is 2.30 bits per heavy atom. The summed E-state index contributed by atoms with van der Waals surface area (Å²) in [6.45, 7) is 4.99. The molecule has 2 aromatic rings. The summed E-state index contributed by atoms with van der Waals surface area (Å²) >= 11 is 0. The van der Waals surface area contributed by atoms with Crippen molar-refractivity contribution in [1.82, 2.24) is 5.16 Å². The van der Waals surface area contributed by atoms with Gasteiger partial charge in [-0.25, -0.2) is 0 Å². The number of carbonyl (C=O) groups excluding carboxylic acids is 1. The third-order valence-corrected chi connectivity index (χ3v) is 4.11. The van der Waals surface area contributed by atoms with Gasteiger partial charge >= 0.3 is 0 Å². The Balaban J connectivity index is 2.23. The Morgan fingerprint density at radius 3 is 2.90 bits per heavy atom. The van der Waals surface area contributed by atoms with E-state index in [1.54, 1.807) is 19.3 Å². The van der Waals surface area contributed by atoms with Crippen LogP contribution >= 0.6 is 0 Å². The monoisotopic (exact) mass is 275 g/mol. The molecule has 1 aliphatic rings. The van der Waals surface area contributed by atoms with Gasteiger partial charge in [0, 0.05) is 12.0 Å². The van der Waals surface area contributed by atoms with Crippen LogP contribution in [0.5, 0.6) is 0 Å². The zero-order valence-corrected chi connectivity index (χ0v) is 11.7. The number of fused-ring (bicyclic) bond motifs is 1. The highest BCUT2D eigenvalue weighted by molar-refractivity contribution is 5.82. The standard InChI is InChI=1S/C15H17NO4/c1-8(17)14-13(11-5-4-6-19-11)12-9(2)20-16-10(12)7-15(14,3)18/h4-6,13-14,18H,7H2,1-3H3/t13-,14+,15-/m0/s1. The van der Waals surface area contributed by atoms with E-state index in [0.29, 0.717) is 23.6 Å². The average molecular weight is 275 g/mol. The van der Waals surface area contributed by atoms with Gasteiger partial charge in [0.2, 0.25) is 0 Å². The van der Waals surface area contributed by atoms with Gasteiger partial charge in [0.05, 0.1) is 29.4 Å². The molecule has 0 amide bonds. The van der Waals surface area contributed by atoms with E-state index in [1.807, 2.05) is 13.0 Å². The number of aliphatic hydroxyl groups is 1. The van der Waals surface area contributed by atoms with Crippen molar-refractivity contribution in [2.45, 2.75) is 38.7 Å². The van der Waals surface area contributed by atoms with Gasteiger partial charge in [-0.3, -0.25) is 4.79 Å². The summed E-state index contributed by atoms with van der Waals surface area (Å²) in [6.07, 6.45) is 1.87. The van der Waals surface area contributed by atoms with Crippen LogP contribution in [0.1, 0.15) is 42.5 Å². The highest BCUT2D eigenvalue weighted by Gasteiger charge is 2.50. The summed E-state index contributed by atoms with van der Waals surface area (Å²) in [6, 6.07) is 3.59. The molecule has 3 rings (SSSR count). The van der Waals surface area contributed by atoms with Crippen molar-refractivity contribution >= 4 is 5.78 Å². The largest absolute Gasteiger partial charge is 0.469 e. The summed E-state index contributed by atoms with van der Waals surface area (Å²) in [7, 11) is 0. The molecule has 0 saturated heterocycles. The lowest BCUT2D eigenvalue weighted by Gasteiger charge is -2.39. The molecule has 1 aliphatic carbocycles. The Morgan fingerprint density at radius 1 is 1.55 bits per heavy atom. The van der Waals surface area contributed by atoms with Crippen molar-refractivity contribution < 1.29 is 18.8 Å². The van der Waals surface area contributed by atoms with Gasteiger partial charge in [-0.1, -0.05) is 5.16 Å². The highest BCUT2D eigenvalue weighted by Crippen LogP contribution is 2.47. The molecule has 2 heterocycles. The quantitative estimate of drug-likeness (QED) is 0.909. The Hall–Kier alpha value is -1.88. The smallest absolute Gasteiger partial charge is 0.137 e. The summed E-state index contributed by atoms with van der Waals surface area (Å²) in [4.78, 5) is 12.1. The number of hydrogen-bond acceptors (Lipinski definition) is 5. The maximum atomic E-state index is 12.1. The van der Waals surface area contributed by atoms with Gasteiger partial charge in [0.25, 0.3) is 0 Å². The fourth-order valence-electron chi connectivity index (χ4n) is 3.37. The molecule has 1 N–H and O–H groups in total. The molecule has 106 valence electrons. The molecule has 0 radical (unpaired) electrons. The second-order valence-electron chi connectivity index (χ2n) is 5.71. The van der Waals surface area contributed by atoms with Crippen LogP contribution < -0.4 is 0 Å². The highest BCUT2D eigenvalue weighted by atomic mass is 16.5. The van der Waals surface area contributed by atoms with E-state index < -0.39 is 11.5 Å². The zero-order chi connectivity index (χ0) is 14.5. The Bertz CT molecular complexity index is 639. The number of furan rings is 1. The van der Waals surface area contributed by atoms with E-state index in [4.69, 9.17) is 8.94 Å². The van der Waals surface area contributed by atoms with Gasteiger partial charge in [0.15, 0.2) is 0 Å². The summed E-state index contributed by atoms with van der Waals surface area (Å²) < 4.78 is 10.7. The van der Waals surface area contributed by atoms with Crippen molar-refractivity contribution in [3.8, 4) is 0 Å². The van der Waals surface area contributed by atoms with E-state index in [2.05, 4.69) is 5.16 Å². The first-order valence-electron chi connectivity index (χ1n) is 6.63. The van der Waals surface area contributed by atoms with Crippen LogP contribution in [-0.4, -0.2) is 21.6 Å². The summed E-state index contributed by atoms with van der Waals surface area (Å²) in [5.41, 5.74) is 0.401. The molecule has 0 spiro atoms. The molecule has 0 saturated carbocycles. The third-order valence-electron chi connectivity index (χ3n) is 4.11. The molecule has 0 fully saturated rings. The number of aryl methyl sites for hydroxylation is 1. The topological polar surface area (TPSA) is 76.5 Å². The molecule has 5 nitrogen and oxygen atoms in total. The van der Waals surface area contributed by atoms with Crippen LogP contribution in [-0.2, 0) is 11.2 Å². The third kappa shape index (κ3) is 1.81. The second-order valence-corrected chi connectivity index (χ2v) is 5.71. The van der Waals surface area contributed by atoms with Crippen molar-refractivity contribution in [1.29, 1.82) is 0 Å². The number of carbonyl (C=O) groups is 1. The SMILES string of the molecule is CC(=O)[C@@H]1[C@@H](c2ccco2)c2c(noc2C)C[C@]1(C)O. The summed E-state index contributed by atoms with van der Waals surface area (Å²) in [5, 5.41) is 14.7. The number of ketones is 1. The Kier molecular flexibility index (Phi) is 2.83. The molecule has 0 unspecified atom stereocenters. The number of nitrogens with zero attached hydrogens (tertiary/aromatic N) is 1. The molecule has 0 aromatic carbocycles. The van der Waals surface area contributed by atoms with Crippen LogP contribution in [0.4, 0.5) is 0 Å². The van der Waals surface area contributed by atoms with Crippen LogP contribution in [0.2, 0.25) is 0 Å². The molecular formula is C15H17NO4. The van der Waals surface area contributed by atoms with E-state index >= 15 is 0 Å². The molecule has 20 heavy (non-hydrogen) atoms. The fraction of sp³-hybridized carbons (Fsp3) is 0.467. The lowest BCUT2D eigenvalue weighted by Crippen LogP contribution is -2.48. The maximum absolute atomic E-state index is 12.1. The Labute approximate surface area is 116 Å². The van der Waals surface area contributed by atoms with Crippen molar-refractivity contribution in [2.24, 2.45) is 5.92 Å². The molecule has 0 aliphatic heterocycles. The van der Waals surface area contributed by atoms with Gasteiger partial charge < -0.3 is 14.0 Å². The lowest BCUT2D eigenvalue weighted by molar-refractivity contribution is -0.131. The van der Waals surface area contributed by atoms with Gasteiger partial charge in [-0.05, 0) is 32.9 Å². The normalized spacial score (nSPS) is 29.2. The van der Waals surface area contributed by atoms with E-state index in [-0.39, 0.29) is 11.7 Å². The van der Waals surface area contributed by atoms with Crippen LogP contribution in [0, 0.1) is 12.8 Å². The van der Waals surface area contributed by atoms with Crippen molar-refractivity contribution in [3.05, 3.63) is 41.2 Å². The predicted molar refractivity (Wildman–Crippen MR) is 70.3 cm³/mol. The van der Waals surface area contributed by atoms with Gasteiger partial charge in [-0.15, -0.1) is 0 Å². The lowest BCUT2D eigenvalue weighted by atomic mass is 9.66. The number of aromatic nitrogens is 1. The van der Waals surface area contributed by atoms with E-state index in [9.17, 15) is 9.90 Å². The van der Waals surface area contributed by atoms with E-state index in [1.165, 1.54) is 6.92 Å². The van der Waals surface area contributed by atoms with E-state index in [0.717, 1.165) is 5.56 Å². The first-order chi connectivity index (χ1) is 9.42.